The molecule has 4 aromatic carbocycles. The largest absolute Gasteiger partial charge is 0.392 e. The molecule has 0 saturated carbocycles. The van der Waals surface area contributed by atoms with Crippen LogP contribution in [0.4, 0.5) is 0 Å². The van der Waals surface area contributed by atoms with E-state index in [-0.39, 0.29) is 43.2 Å². The van der Waals surface area contributed by atoms with Crippen LogP contribution in [-0.2, 0) is 22.6 Å². The number of aliphatic hydroxyl groups excluding tert-OH is 2. The van der Waals surface area contributed by atoms with Gasteiger partial charge in [-0.1, -0.05) is 91.0 Å². The number of nitrogens with zero attached hydrogens (tertiary/aromatic N) is 2. The van der Waals surface area contributed by atoms with Gasteiger partial charge in [0.05, 0.1) is 42.6 Å². The molecule has 8 heteroatoms. The topological polar surface area (TPSA) is 99.5 Å². The lowest BCUT2D eigenvalue weighted by molar-refractivity contribution is -0.253. The molecular formula is C37H38N2O6. The van der Waals surface area contributed by atoms with Crippen molar-refractivity contribution in [2.75, 3.05) is 13.6 Å². The third-order valence-electron chi connectivity index (χ3n) is 8.87. The first kappa shape index (κ1) is 30.8. The van der Waals surface area contributed by atoms with Gasteiger partial charge in [-0.15, -0.1) is 0 Å². The number of amides is 2. The fraction of sp³-hybridized carbons (Fsp3) is 0.297. The zero-order valence-electron chi connectivity index (χ0n) is 25.5. The number of benzene rings is 4. The Morgan fingerprint density at radius 3 is 2.00 bits per heavy atom. The minimum atomic E-state index is -0.651. The van der Waals surface area contributed by atoms with Crippen molar-refractivity contribution in [1.82, 2.24) is 9.80 Å². The maximum absolute atomic E-state index is 12.9. The number of ether oxygens (including phenoxy) is 2. The molecule has 2 aliphatic rings. The van der Waals surface area contributed by atoms with Crippen molar-refractivity contribution in [2.24, 2.45) is 0 Å². The van der Waals surface area contributed by atoms with E-state index in [4.69, 9.17) is 9.47 Å². The summed E-state index contributed by atoms with van der Waals surface area (Å²) in [4.78, 5) is 29.1. The zero-order chi connectivity index (χ0) is 31.5. The first-order chi connectivity index (χ1) is 21.8. The minimum Gasteiger partial charge on any atom is -0.392 e. The molecule has 1 saturated heterocycles. The highest BCUT2D eigenvalue weighted by molar-refractivity contribution is 6.21. The van der Waals surface area contributed by atoms with Gasteiger partial charge in [0.15, 0.2) is 6.29 Å². The third-order valence-corrected chi connectivity index (χ3v) is 8.87. The molecule has 1 fully saturated rings. The highest BCUT2D eigenvalue weighted by atomic mass is 16.7. The molecule has 2 heterocycles. The molecule has 2 N–H and O–H groups in total. The smallest absolute Gasteiger partial charge is 0.261 e. The predicted molar refractivity (Wildman–Crippen MR) is 169 cm³/mol. The third kappa shape index (κ3) is 6.61. The van der Waals surface area contributed by atoms with E-state index in [0.29, 0.717) is 24.1 Å². The highest BCUT2D eigenvalue weighted by Crippen LogP contribution is 2.38. The molecule has 0 aliphatic carbocycles. The van der Waals surface area contributed by atoms with Crippen molar-refractivity contribution in [3.8, 4) is 0 Å². The van der Waals surface area contributed by atoms with Crippen molar-refractivity contribution in [2.45, 2.75) is 57.1 Å². The maximum atomic E-state index is 12.9. The first-order valence-corrected chi connectivity index (χ1v) is 15.3. The van der Waals surface area contributed by atoms with E-state index in [1.165, 1.54) is 4.90 Å². The molecule has 2 aliphatic heterocycles. The molecule has 0 spiro atoms. The van der Waals surface area contributed by atoms with Gasteiger partial charge in [-0.05, 0) is 48.4 Å². The summed E-state index contributed by atoms with van der Waals surface area (Å²) in [5, 5.41) is 20.6. The van der Waals surface area contributed by atoms with Gasteiger partial charge in [0.2, 0.25) is 0 Å². The van der Waals surface area contributed by atoms with Crippen LogP contribution >= 0.6 is 0 Å². The van der Waals surface area contributed by atoms with E-state index in [1.807, 2.05) is 92.8 Å². The fourth-order valence-electron chi connectivity index (χ4n) is 6.04. The van der Waals surface area contributed by atoms with Crippen LogP contribution in [-0.4, -0.2) is 57.6 Å². The van der Waals surface area contributed by atoms with Gasteiger partial charge < -0.3 is 19.7 Å². The Hall–Kier alpha value is -4.18. The molecule has 0 radical (unpaired) electrons. The van der Waals surface area contributed by atoms with Crippen molar-refractivity contribution in [1.29, 1.82) is 0 Å². The Kier molecular flexibility index (Phi) is 9.21. The van der Waals surface area contributed by atoms with E-state index in [9.17, 15) is 19.8 Å². The maximum Gasteiger partial charge on any atom is 0.261 e. The van der Waals surface area contributed by atoms with Gasteiger partial charge in [-0.25, -0.2) is 0 Å². The number of hydrogen-bond donors (Lipinski definition) is 2. The molecule has 8 nitrogen and oxygen atoms in total. The molecule has 2 amide bonds. The molecule has 4 aromatic rings. The minimum absolute atomic E-state index is 0.0281. The summed E-state index contributed by atoms with van der Waals surface area (Å²) in [6, 6.07) is 31.8. The number of imide groups is 1. The van der Waals surface area contributed by atoms with Crippen LogP contribution in [0.15, 0.2) is 103 Å². The van der Waals surface area contributed by atoms with E-state index in [1.54, 1.807) is 24.3 Å². The highest BCUT2D eigenvalue weighted by Gasteiger charge is 2.36. The first-order valence-electron chi connectivity index (χ1n) is 15.3. The second kappa shape index (κ2) is 13.4. The van der Waals surface area contributed by atoms with Gasteiger partial charge in [-0.3, -0.25) is 19.4 Å². The van der Waals surface area contributed by atoms with Crippen LogP contribution in [0, 0.1) is 0 Å². The van der Waals surface area contributed by atoms with Crippen molar-refractivity contribution < 1.29 is 29.3 Å². The Labute approximate surface area is 263 Å². The SMILES string of the molecule is CC(C(O)c1ccccc1)N(C)CC1CC(c2ccc(CO)cc2)OC(c2ccc(CN3C(=O)c4ccccc4C3=O)cc2)O1. The summed E-state index contributed by atoms with van der Waals surface area (Å²) in [7, 11) is 1.99. The van der Waals surface area contributed by atoms with Crippen LogP contribution in [0.1, 0.15) is 80.4 Å². The van der Waals surface area contributed by atoms with E-state index in [2.05, 4.69) is 4.90 Å². The quantitative estimate of drug-likeness (QED) is 0.228. The standard InChI is InChI=1S/C37H38N2O6/c1-24(34(41)28-8-4-3-5-9-28)38(2)22-30-20-33(27-16-14-26(23-40)15-17-27)45-37(44-30)29-18-12-25(13-19-29)21-39-35(42)31-10-6-7-11-32(31)36(39)43/h3-19,24,30,33-34,37,40-41H,20-23H2,1-2H3. The summed E-state index contributed by atoms with van der Waals surface area (Å²) in [5.74, 6) is -0.570. The number of likely N-dealkylation sites (N-methyl/N-ethyl adjacent to an activating group) is 1. The lowest BCUT2D eigenvalue weighted by atomic mass is 9.98. The Morgan fingerprint density at radius 1 is 0.800 bits per heavy atom. The average molecular weight is 607 g/mol. The van der Waals surface area contributed by atoms with E-state index < -0.39 is 12.4 Å². The Balaban J connectivity index is 1.18. The molecule has 45 heavy (non-hydrogen) atoms. The van der Waals surface area contributed by atoms with Gasteiger partial charge >= 0.3 is 0 Å². The lowest BCUT2D eigenvalue weighted by Crippen LogP contribution is -2.43. The summed E-state index contributed by atoms with van der Waals surface area (Å²) in [6.07, 6.45) is -1.13. The molecule has 0 aromatic heterocycles. The van der Waals surface area contributed by atoms with Crippen molar-refractivity contribution >= 4 is 11.8 Å². The predicted octanol–water partition coefficient (Wildman–Crippen LogP) is 5.57. The van der Waals surface area contributed by atoms with Crippen LogP contribution < -0.4 is 0 Å². The molecule has 6 rings (SSSR count). The van der Waals surface area contributed by atoms with E-state index in [0.717, 1.165) is 27.8 Å². The van der Waals surface area contributed by atoms with Gasteiger partial charge in [0.1, 0.15) is 0 Å². The summed E-state index contributed by atoms with van der Waals surface area (Å²) in [6.45, 7) is 2.73. The van der Waals surface area contributed by atoms with Crippen LogP contribution in [0.2, 0.25) is 0 Å². The number of carbonyl (C=O) groups excluding carboxylic acids is 2. The van der Waals surface area contributed by atoms with E-state index >= 15 is 0 Å². The number of fused-ring (bicyclic) bond motifs is 1. The zero-order valence-corrected chi connectivity index (χ0v) is 25.5. The van der Waals surface area contributed by atoms with Crippen LogP contribution in [0.3, 0.4) is 0 Å². The number of hydrogen-bond acceptors (Lipinski definition) is 7. The molecule has 5 atom stereocenters. The Morgan fingerprint density at radius 2 is 1.38 bits per heavy atom. The number of rotatable bonds is 10. The van der Waals surface area contributed by atoms with Crippen LogP contribution in [0.25, 0.3) is 0 Å². The number of aliphatic hydroxyl groups is 2. The van der Waals surface area contributed by atoms with Gasteiger partial charge in [0, 0.05) is 24.6 Å². The van der Waals surface area contributed by atoms with Gasteiger partial charge in [0.25, 0.3) is 11.8 Å². The average Bonchev–Trinajstić information content (AvgIpc) is 3.33. The summed E-state index contributed by atoms with van der Waals surface area (Å²) < 4.78 is 13.0. The molecular weight excluding hydrogens is 568 g/mol. The molecule has 5 unspecified atom stereocenters. The second-order valence-corrected chi connectivity index (χ2v) is 11.9. The number of carbonyl (C=O) groups is 2. The normalized spacial score (nSPS) is 21.2. The summed E-state index contributed by atoms with van der Waals surface area (Å²) >= 11 is 0. The van der Waals surface area contributed by atoms with Gasteiger partial charge in [-0.2, -0.15) is 0 Å². The molecule has 232 valence electrons. The van der Waals surface area contributed by atoms with Crippen LogP contribution in [0.5, 0.6) is 0 Å². The summed E-state index contributed by atoms with van der Waals surface area (Å²) in [5.41, 5.74) is 5.20. The monoisotopic (exact) mass is 606 g/mol. The molecule has 0 bridgehead atoms. The van der Waals surface area contributed by atoms with Crippen molar-refractivity contribution in [3.05, 3.63) is 142 Å². The Bertz CT molecular complexity index is 1590. The lowest BCUT2D eigenvalue weighted by Gasteiger charge is -2.39. The second-order valence-electron chi connectivity index (χ2n) is 11.9. The fourth-order valence-corrected chi connectivity index (χ4v) is 6.04. The van der Waals surface area contributed by atoms with Crippen molar-refractivity contribution in [3.63, 3.8) is 0 Å².